The van der Waals surface area contributed by atoms with Crippen molar-refractivity contribution in [1.29, 1.82) is 0 Å². The Balaban J connectivity index is 1.52. The Bertz CT molecular complexity index is 1730. The standard InChI is InChI=1S/C45H59FN2O9/c1-4-6-25-53-44(51)48(3)40-29-38(47-57-41-19-11-14-26-52-41)35-27-31(15-9-12-22-49)34(17-10-13-23-50)42-36-28-33(54-30-32-16-7-8-18-37(32)46)20-21-39(36)56-45(40,43(35)42)55-24-5-2/h4-5,7-8,16,18,20-21,27-28,31,34,40-43,49-50H,1-2,6,9-15,17,19,22-26,29-30H2,3H3/t31-,34+,40-,41?,42+,43+,45+/m0/s1. The van der Waals surface area contributed by atoms with Gasteiger partial charge in [-0.1, -0.05) is 54.4 Å². The predicted molar refractivity (Wildman–Crippen MR) is 214 cm³/mol. The predicted octanol–water partition coefficient (Wildman–Crippen LogP) is 8.21. The molecule has 2 aromatic carbocycles. The normalized spacial score (nSPS) is 26.9. The maximum Gasteiger partial charge on any atom is 0.409 e. The summed E-state index contributed by atoms with van der Waals surface area (Å²) in [5.74, 6) is -1.23. The summed E-state index contributed by atoms with van der Waals surface area (Å²) in [6.45, 7) is 8.86. The minimum absolute atomic E-state index is 0.0348. The van der Waals surface area contributed by atoms with Crippen LogP contribution in [0.25, 0.3) is 0 Å². The number of unbranched alkanes of at least 4 members (excludes halogenated alkanes) is 2. The number of carbonyl (C=O) groups excluding carboxylic acids is 1. The summed E-state index contributed by atoms with van der Waals surface area (Å²) in [4.78, 5) is 21.6. The van der Waals surface area contributed by atoms with E-state index in [4.69, 9.17) is 33.7 Å². The zero-order chi connectivity index (χ0) is 40.2. The van der Waals surface area contributed by atoms with Crippen LogP contribution in [0.2, 0.25) is 0 Å². The molecule has 1 amide bonds. The fourth-order valence-electron chi connectivity index (χ4n) is 8.97. The van der Waals surface area contributed by atoms with Crippen molar-refractivity contribution in [3.05, 3.63) is 96.4 Å². The summed E-state index contributed by atoms with van der Waals surface area (Å²) in [7, 11) is 1.70. The molecule has 2 heterocycles. The fraction of sp³-hybridized carbons (Fsp3) is 0.556. The Morgan fingerprint density at radius 1 is 1.07 bits per heavy atom. The van der Waals surface area contributed by atoms with Crippen molar-refractivity contribution in [2.75, 3.05) is 40.1 Å². The van der Waals surface area contributed by atoms with Crippen LogP contribution in [0.3, 0.4) is 0 Å². The van der Waals surface area contributed by atoms with Crippen LogP contribution in [0.5, 0.6) is 11.5 Å². The number of nitrogens with zero attached hydrogens (tertiary/aromatic N) is 2. The molecule has 57 heavy (non-hydrogen) atoms. The molecule has 1 unspecified atom stereocenters. The average Bonchev–Trinajstić information content (AvgIpc) is 3.23. The third kappa shape index (κ3) is 9.74. The number of carbonyl (C=O) groups is 1. The van der Waals surface area contributed by atoms with E-state index in [0.29, 0.717) is 48.6 Å². The van der Waals surface area contributed by atoms with Crippen LogP contribution in [0.1, 0.15) is 87.7 Å². The van der Waals surface area contributed by atoms with Gasteiger partial charge in [0, 0.05) is 50.1 Å². The van der Waals surface area contributed by atoms with Crippen molar-refractivity contribution in [3.63, 3.8) is 0 Å². The second-order valence-corrected chi connectivity index (χ2v) is 15.4. The monoisotopic (exact) mass is 790 g/mol. The number of hydrogen-bond donors (Lipinski definition) is 2. The van der Waals surface area contributed by atoms with Crippen molar-refractivity contribution < 1.29 is 47.9 Å². The minimum Gasteiger partial charge on any atom is -0.489 e. The molecule has 0 aromatic heterocycles. The van der Waals surface area contributed by atoms with Crippen LogP contribution >= 0.6 is 0 Å². The zero-order valence-corrected chi connectivity index (χ0v) is 33.2. The van der Waals surface area contributed by atoms with Gasteiger partial charge in [-0.25, -0.2) is 9.18 Å². The summed E-state index contributed by atoms with van der Waals surface area (Å²) in [6, 6.07) is 11.5. The van der Waals surface area contributed by atoms with Crippen LogP contribution in [-0.2, 0) is 25.7 Å². The first-order valence-corrected chi connectivity index (χ1v) is 20.6. The number of amides is 1. The Hall–Kier alpha value is -4.23. The smallest absolute Gasteiger partial charge is 0.409 e. The second kappa shape index (κ2) is 20.5. The SMILES string of the molecule is C=CCCOC(=O)N(C)[C@H]1CC(=NOC2CCCCO2)C2=C[C@H](CCCCO)[C@@H](CCCCO)[C@@H]3c4cc(OCc5ccccc5F)ccc4O[C@@]1(OCC=C)[C@H]23. The summed E-state index contributed by atoms with van der Waals surface area (Å²) in [5, 5.41) is 24.5. The van der Waals surface area contributed by atoms with Gasteiger partial charge in [-0.2, -0.15) is 0 Å². The van der Waals surface area contributed by atoms with E-state index >= 15 is 0 Å². The van der Waals surface area contributed by atoms with Crippen LogP contribution in [0.4, 0.5) is 9.18 Å². The van der Waals surface area contributed by atoms with Gasteiger partial charge in [0.15, 0.2) is 0 Å². The molecule has 1 saturated carbocycles. The second-order valence-electron chi connectivity index (χ2n) is 15.4. The molecule has 4 aliphatic rings. The number of halogens is 1. The Morgan fingerprint density at radius 2 is 1.88 bits per heavy atom. The fourth-order valence-corrected chi connectivity index (χ4v) is 8.97. The first-order chi connectivity index (χ1) is 27.8. The van der Waals surface area contributed by atoms with E-state index in [9.17, 15) is 19.4 Å². The third-order valence-electron chi connectivity index (χ3n) is 11.7. The Kier molecular flexibility index (Phi) is 15.2. The van der Waals surface area contributed by atoms with Gasteiger partial charge in [0.25, 0.3) is 0 Å². The lowest BCUT2D eigenvalue weighted by atomic mass is 9.55. The van der Waals surface area contributed by atoms with Crippen molar-refractivity contribution in [2.24, 2.45) is 22.9 Å². The molecule has 310 valence electrons. The number of oxime groups is 1. The van der Waals surface area contributed by atoms with Gasteiger partial charge < -0.3 is 43.6 Å². The molecule has 0 bridgehead atoms. The highest BCUT2D eigenvalue weighted by atomic mass is 19.1. The summed E-state index contributed by atoms with van der Waals surface area (Å²) < 4.78 is 46.6. The molecule has 2 aliphatic carbocycles. The number of allylic oxidation sites excluding steroid dienone is 1. The maximum atomic E-state index is 14.7. The largest absolute Gasteiger partial charge is 0.489 e. The van der Waals surface area contributed by atoms with Gasteiger partial charge in [-0.15, -0.1) is 13.2 Å². The lowest BCUT2D eigenvalue weighted by Crippen LogP contribution is -2.69. The highest BCUT2D eigenvalue weighted by Crippen LogP contribution is 2.62. The summed E-state index contributed by atoms with van der Waals surface area (Å²) in [6.07, 6.45) is 12.6. The number of hydrogen-bond acceptors (Lipinski definition) is 10. The minimum atomic E-state index is -1.41. The molecule has 0 spiro atoms. The zero-order valence-electron chi connectivity index (χ0n) is 33.2. The van der Waals surface area contributed by atoms with Crippen molar-refractivity contribution in [2.45, 2.75) is 101 Å². The first kappa shape index (κ1) is 42.4. The van der Waals surface area contributed by atoms with E-state index in [0.717, 1.165) is 56.1 Å². The molecule has 2 N–H and O–H groups in total. The van der Waals surface area contributed by atoms with Crippen LogP contribution in [0.15, 0.2) is 84.6 Å². The van der Waals surface area contributed by atoms with Crippen molar-refractivity contribution >= 4 is 11.8 Å². The molecule has 2 fully saturated rings. The Morgan fingerprint density at radius 3 is 2.61 bits per heavy atom. The lowest BCUT2D eigenvalue weighted by Gasteiger charge is -2.59. The van der Waals surface area contributed by atoms with Gasteiger partial charge in [0.2, 0.25) is 12.1 Å². The van der Waals surface area contributed by atoms with E-state index in [-0.39, 0.29) is 63.0 Å². The summed E-state index contributed by atoms with van der Waals surface area (Å²) >= 11 is 0. The molecule has 2 aliphatic heterocycles. The molecule has 2 aromatic rings. The number of aliphatic hydroxyl groups excluding tert-OH is 2. The van der Waals surface area contributed by atoms with Crippen molar-refractivity contribution in [3.8, 4) is 11.5 Å². The van der Waals surface area contributed by atoms with E-state index in [2.05, 4.69) is 19.2 Å². The highest BCUT2D eigenvalue weighted by molar-refractivity contribution is 6.02. The quantitative estimate of drug-likeness (QED) is 0.0775. The molecule has 6 rings (SSSR count). The molecule has 0 radical (unpaired) electrons. The number of fused-ring (bicyclic) bond motifs is 2. The maximum absolute atomic E-state index is 14.7. The van der Waals surface area contributed by atoms with E-state index < -0.39 is 30.1 Å². The van der Waals surface area contributed by atoms with Gasteiger partial charge in [-0.05, 0) is 86.6 Å². The molecular weight excluding hydrogens is 731 g/mol. The summed E-state index contributed by atoms with van der Waals surface area (Å²) in [5.41, 5.74) is 2.94. The lowest BCUT2D eigenvalue weighted by molar-refractivity contribution is -0.254. The van der Waals surface area contributed by atoms with E-state index in [1.165, 1.54) is 6.07 Å². The van der Waals surface area contributed by atoms with E-state index in [1.54, 1.807) is 42.3 Å². The van der Waals surface area contributed by atoms with Gasteiger partial charge in [-0.3, -0.25) is 0 Å². The Labute approximate surface area is 336 Å². The molecular formula is C45H59FN2O9. The average molecular weight is 791 g/mol. The van der Waals surface area contributed by atoms with Crippen LogP contribution in [0, 0.1) is 23.6 Å². The molecule has 11 nitrogen and oxygen atoms in total. The van der Waals surface area contributed by atoms with Gasteiger partial charge >= 0.3 is 6.09 Å². The van der Waals surface area contributed by atoms with E-state index in [1.807, 2.05) is 18.2 Å². The number of likely N-dealkylation sites (N-methyl/N-ethyl adjacent to an activating group) is 1. The number of ether oxygens (including phenoxy) is 5. The number of aliphatic hydroxyl groups is 2. The molecule has 1 saturated heterocycles. The molecule has 7 atom stereocenters. The van der Waals surface area contributed by atoms with Crippen molar-refractivity contribution in [1.82, 2.24) is 4.90 Å². The third-order valence-corrected chi connectivity index (χ3v) is 11.7. The highest BCUT2D eigenvalue weighted by Gasteiger charge is 2.65. The number of rotatable bonds is 20. The topological polar surface area (TPSA) is 129 Å². The van der Waals surface area contributed by atoms with Crippen LogP contribution in [-0.4, -0.2) is 85.1 Å². The number of benzene rings is 2. The molecule has 12 heteroatoms. The van der Waals surface area contributed by atoms with Gasteiger partial charge in [0.1, 0.15) is 30.0 Å². The first-order valence-electron chi connectivity index (χ1n) is 20.6. The van der Waals surface area contributed by atoms with Crippen LogP contribution < -0.4 is 9.47 Å². The van der Waals surface area contributed by atoms with Gasteiger partial charge in [0.05, 0.1) is 31.5 Å².